The molecule has 0 bridgehead atoms. The molecule has 204 valence electrons. The number of benzene rings is 1. The number of hydrogen-bond donors (Lipinski definition) is 0. The van der Waals surface area contributed by atoms with Crippen molar-refractivity contribution < 1.29 is 19.1 Å². The van der Waals surface area contributed by atoms with E-state index in [0.29, 0.717) is 19.3 Å². The van der Waals surface area contributed by atoms with Crippen LogP contribution < -0.4 is 0 Å². The lowest BCUT2D eigenvalue weighted by molar-refractivity contribution is -0.154. The Hall–Kier alpha value is -1.97. The molecule has 1 unspecified atom stereocenters. The summed E-state index contributed by atoms with van der Waals surface area (Å²) in [5.74, 6) is 0.198. The van der Waals surface area contributed by atoms with Crippen LogP contribution in [0.25, 0.3) is 0 Å². The van der Waals surface area contributed by atoms with Crippen molar-refractivity contribution in [1.29, 1.82) is 0 Å². The monoisotopic (exact) mass is 492 g/mol. The van der Waals surface area contributed by atoms with Gasteiger partial charge in [-0.25, -0.2) is 0 Å². The van der Waals surface area contributed by atoms with Gasteiger partial charge in [-0.3, -0.25) is 9.59 Å². The van der Waals surface area contributed by atoms with E-state index in [1.54, 1.807) is 13.8 Å². The summed E-state index contributed by atoms with van der Waals surface area (Å²) in [6.45, 7) is 21.5. The maximum atomic E-state index is 11.5. The molecule has 0 aliphatic carbocycles. The van der Waals surface area contributed by atoms with Crippen LogP contribution in [0.4, 0.5) is 0 Å². The molecule has 0 spiro atoms. The first-order chi connectivity index (χ1) is 16.3. The standard InChI is InChI=1S/C15H20O2.C8H16O2.2C4H10/c1-11-4-7-14(8-5-11)10-15(13(3)17)9-6-12(2)16;1-5-6-7(9)10-8(2,3)4;2*1-3-4-2/h4-5,7-8,15H,6,9-10H2,1-3H3;5-6H2,1-4H3;2*3-4H2,1-2H3. The lowest BCUT2D eigenvalue weighted by Gasteiger charge is -2.18. The van der Waals surface area contributed by atoms with Gasteiger partial charge in [0, 0.05) is 18.8 Å². The second-order valence-electron chi connectivity index (χ2n) is 10.1. The molecule has 1 rings (SSSR count). The molecule has 0 N–H and O–H groups in total. The molecular weight excluding hydrogens is 436 g/mol. The summed E-state index contributed by atoms with van der Waals surface area (Å²) < 4.78 is 5.04. The molecule has 0 aliphatic heterocycles. The molecule has 1 aromatic carbocycles. The number of hydrogen-bond acceptors (Lipinski definition) is 4. The van der Waals surface area contributed by atoms with E-state index in [-0.39, 0.29) is 29.1 Å². The van der Waals surface area contributed by atoms with E-state index in [1.807, 2.05) is 34.6 Å². The zero-order valence-corrected chi connectivity index (χ0v) is 24.9. The van der Waals surface area contributed by atoms with Gasteiger partial charge in [0.15, 0.2) is 0 Å². The van der Waals surface area contributed by atoms with Crippen LogP contribution in [0.2, 0.25) is 0 Å². The number of esters is 1. The van der Waals surface area contributed by atoms with Crippen molar-refractivity contribution in [2.24, 2.45) is 5.92 Å². The molecule has 0 fully saturated rings. The van der Waals surface area contributed by atoms with Crippen LogP contribution in [-0.4, -0.2) is 23.1 Å². The van der Waals surface area contributed by atoms with Gasteiger partial charge in [0.05, 0.1) is 0 Å². The van der Waals surface area contributed by atoms with Crippen molar-refractivity contribution in [3.63, 3.8) is 0 Å². The number of Topliss-reactive ketones (excluding diaryl/α,β-unsaturated/α-hetero) is 2. The molecule has 0 aliphatic rings. The summed E-state index contributed by atoms with van der Waals surface area (Å²) in [6, 6.07) is 8.22. The fourth-order valence-electron chi connectivity index (χ4n) is 2.43. The van der Waals surface area contributed by atoms with Gasteiger partial charge in [0.25, 0.3) is 0 Å². The van der Waals surface area contributed by atoms with E-state index >= 15 is 0 Å². The van der Waals surface area contributed by atoms with Crippen molar-refractivity contribution in [2.45, 2.75) is 140 Å². The lowest BCUT2D eigenvalue weighted by Crippen LogP contribution is -2.23. The van der Waals surface area contributed by atoms with E-state index in [1.165, 1.54) is 36.8 Å². The highest BCUT2D eigenvalue weighted by atomic mass is 16.6. The summed E-state index contributed by atoms with van der Waals surface area (Å²) in [4.78, 5) is 33.3. The van der Waals surface area contributed by atoms with Gasteiger partial charge in [-0.15, -0.1) is 0 Å². The molecule has 35 heavy (non-hydrogen) atoms. The average Bonchev–Trinajstić information content (AvgIpc) is 2.77. The summed E-state index contributed by atoms with van der Waals surface area (Å²) in [5, 5.41) is 0. The quantitative estimate of drug-likeness (QED) is 0.306. The number of unbranched alkanes of at least 4 members (excludes halogenated alkanes) is 2. The molecule has 4 heteroatoms. The molecule has 0 amide bonds. The normalized spacial score (nSPS) is 10.8. The largest absolute Gasteiger partial charge is 0.460 e. The van der Waals surface area contributed by atoms with E-state index < -0.39 is 0 Å². The van der Waals surface area contributed by atoms with Crippen molar-refractivity contribution in [1.82, 2.24) is 0 Å². The smallest absolute Gasteiger partial charge is 0.306 e. The summed E-state index contributed by atoms with van der Waals surface area (Å²) >= 11 is 0. The molecule has 1 atom stereocenters. The molecule has 0 saturated carbocycles. The van der Waals surface area contributed by atoms with Crippen LogP contribution in [0, 0.1) is 12.8 Å². The fraction of sp³-hybridized carbons (Fsp3) is 0.710. The topological polar surface area (TPSA) is 60.4 Å². The third kappa shape index (κ3) is 30.0. The molecule has 0 radical (unpaired) electrons. The summed E-state index contributed by atoms with van der Waals surface area (Å²) in [6.07, 6.45) is 8.56. The van der Waals surface area contributed by atoms with E-state index in [4.69, 9.17) is 4.74 Å². The van der Waals surface area contributed by atoms with Gasteiger partial charge in [0.1, 0.15) is 17.2 Å². The third-order valence-electron chi connectivity index (χ3n) is 4.90. The van der Waals surface area contributed by atoms with Crippen molar-refractivity contribution in [3.8, 4) is 0 Å². The highest BCUT2D eigenvalue weighted by Gasteiger charge is 2.16. The lowest BCUT2D eigenvalue weighted by atomic mass is 9.91. The number of carbonyl (C=O) groups excluding carboxylic acids is 3. The Bertz CT molecular complexity index is 646. The predicted molar refractivity (Wildman–Crippen MR) is 151 cm³/mol. The number of rotatable bonds is 10. The van der Waals surface area contributed by atoms with Crippen molar-refractivity contribution in [2.75, 3.05) is 0 Å². The molecule has 1 aromatic rings. The van der Waals surface area contributed by atoms with Crippen LogP contribution in [-0.2, 0) is 25.5 Å². The highest BCUT2D eigenvalue weighted by Crippen LogP contribution is 2.16. The Morgan fingerprint density at radius 2 is 1.23 bits per heavy atom. The number of ether oxygens (including phenoxy) is 1. The van der Waals surface area contributed by atoms with Gasteiger partial charge in [0.2, 0.25) is 0 Å². The van der Waals surface area contributed by atoms with Crippen molar-refractivity contribution >= 4 is 17.5 Å². The fourth-order valence-corrected chi connectivity index (χ4v) is 2.43. The minimum Gasteiger partial charge on any atom is -0.460 e. The molecule has 0 saturated heterocycles. The zero-order chi connectivity index (χ0) is 27.9. The molecule has 0 aromatic heterocycles. The van der Waals surface area contributed by atoms with Crippen LogP contribution in [0.3, 0.4) is 0 Å². The minimum atomic E-state index is -0.327. The Morgan fingerprint density at radius 3 is 1.54 bits per heavy atom. The van der Waals surface area contributed by atoms with Crippen LogP contribution in [0.5, 0.6) is 0 Å². The first-order valence-electron chi connectivity index (χ1n) is 13.5. The maximum absolute atomic E-state index is 11.5. The zero-order valence-electron chi connectivity index (χ0n) is 24.9. The van der Waals surface area contributed by atoms with Gasteiger partial charge < -0.3 is 9.53 Å². The first-order valence-corrected chi connectivity index (χ1v) is 13.5. The Kier molecular flexibility index (Phi) is 25.5. The minimum absolute atomic E-state index is 0.0263. The SMILES string of the molecule is CC(=O)CCC(Cc1ccc(C)cc1)C(C)=O.CCCC.CCCC.CCCC(=O)OC(C)(C)C. The average molecular weight is 493 g/mol. The van der Waals surface area contributed by atoms with Crippen LogP contribution >= 0.6 is 0 Å². The summed E-state index contributed by atoms with van der Waals surface area (Å²) in [7, 11) is 0. The Labute approximate surface area is 217 Å². The van der Waals surface area contributed by atoms with E-state index in [2.05, 4.69) is 52.0 Å². The first kappa shape index (κ1) is 37.6. The highest BCUT2D eigenvalue weighted by molar-refractivity contribution is 5.80. The third-order valence-corrected chi connectivity index (χ3v) is 4.90. The van der Waals surface area contributed by atoms with Crippen molar-refractivity contribution in [3.05, 3.63) is 35.4 Å². The maximum Gasteiger partial charge on any atom is 0.306 e. The number of carbonyl (C=O) groups is 3. The van der Waals surface area contributed by atoms with E-state index in [9.17, 15) is 14.4 Å². The van der Waals surface area contributed by atoms with Gasteiger partial charge in [-0.05, 0) is 66.4 Å². The summed E-state index contributed by atoms with van der Waals surface area (Å²) in [5.41, 5.74) is 2.06. The molecule has 4 nitrogen and oxygen atoms in total. The Morgan fingerprint density at radius 1 is 0.771 bits per heavy atom. The van der Waals surface area contributed by atoms with Gasteiger partial charge in [-0.1, -0.05) is 90.1 Å². The predicted octanol–water partition coefficient (Wildman–Crippen LogP) is 8.85. The van der Waals surface area contributed by atoms with Gasteiger partial charge in [-0.2, -0.15) is 0 Å². The van der Waals surface area contributed by atoms with Gasteiger partial charge >= 0.3 is 5.97 Å². The van der Waals surface area contributed by atoms with Crippen LogP contribution in [0.15, 0.2) is 24.3 Å². The Balaban J connectivity index is -0.000000479. The second kappa shape index (κ2) is 23.8. The number of ketones is 2. The second-order valence-corrected chi connectivity index (χ2v) is 10.1. The van der Waals surface area contributed by atoms with E-state index in [0.717, 1.165) is 12.8 Å². The molecular formula is C31H56O4. The number of aryl methyl sites for hydroxylation is 1. The molecule has 0 heterocycles. The van der Waals surface area contributed by atoms with Crippen LogP contribution in [0.1, 0.15) is 132 Å².